The third kappa shape index (κ3) is 3.27. The Morgan fingerprint density at radius 1 is 1.50 bits per heavy atom. The summed E-state index contributed by atoms with van der Waals surface area (Å²) in [6.07, 6.45) is 0. The Morgan fingerprint density at radius 2 is 2.14 bits per heavy atom. The minimum Gasteiger partial charge on any atom is -0.459 e. The van der Waals surface area contributed by atoms with Crippen molar-refractivity contribution in [3.8, 4) is 0 Å². The van der Waals surface area contributed by atoms with Gasteiger partial charge in [0.2, 0.25) is 0 Å². The van der Waals surface area contributed by atoms with Crippen molar-refractivity contribution in [3.05, 3.63) is 0 Å². The van der Waals surface area contributed by atoms with Gasteiger partial charge in [-0.25, -0.2) is 0 Å². The highest BCUT2D eigenvalue weighted by Gasteiger charge is 2.29. The van der Waals surface area contributed by atoms with Crippen LogP contribution in [0.15, 0.2) is 0 Å². The number of nitrogens with zero attached hydrogens (tertiary/aromatic N) is 1. The zero-order valence-corrected chi connectivity index (χ0v) is 9.46. The molecule has 1 aliphatic heterocycles. The van der Waals surface area contributed by atoms with Crippen LogP contribution in [0.2, 0.25) is 0 Å². The molecule has 14 heavy (non-hydrogen) atoms. The fraction of sp³-hybridized carbons (Fsp3) is 0.900. The highest BCUT2D eigenvalue weighted by molar-refractivity contribution is 5.76. The molecule has 1 aliphatic rings. The Labute approximate surface area is 85.6 Å². The highest BCUT2D eigenvalue weighted by Crippen LogP contribution is 2.11. The molecule has 4 heteroatoms. The summed E-state index contributed by atoms with van der Waals surface area (Å²) in [5.41, 5.74) is -0.393. The van der Waals surface area contributed by atoms with Gasteiger partial charge in [-0.1, -0.05) is 0 Å². The number of hydrogen-bond acceptors (Lipinski definition) is 4. The summed E-state index contributed by atoms with van der Waals surface area (Å²) in [4.78, 5) is 13.8. The summed E-state index contributed by atoms with van der Waals surface area (Å²) < 4.78 is 5.33. The van der Waals surface area contributed by atoms with E-state index in [0.717, 1.165) is 13.1 Å². The number of carbonyl (C=O) groups is 1. The van der Waals surface area contributed by atoms with Crippen molar-refractivity contribution in [2.45, 2.75) is 32.4 Å². The largest absolute Gasteiger partial charge is 0.459 e. The minimum atomic E-state index is -0.393. The zero-order chi connectivity index (χ0) is 10.8. The Balaban J connectivity index is 2.50. The number of esters is 1. The first-order valence-corrected chi connectivity index (χ1v) is 5.04. The molecule has 0 aromatic carbocycles. The van der Waals surface area contributed by atoms with Crippen LogP contribution < -0.4 is 5.32 Å². The third-order valence-corrected chi connectivity index (χ3v) is 2.19. The smallest absolute Gasteiger partial charge is 0.325 e. The summed E-state index contributed by atoms with van der Waals surface area (Å²) in [5.74, 6) is -0.132. The number of likely N-dealkylation sites (N-methyl/N-ethyl adjacent to an activating group) is 1. The van der Waals surface area contributed by atoms with Crippen molar-refractivity contribution >= 4 is 5.97 Å². The highest BCUT2D eigenvalue weighted by atomic mass is 16.6. The molecule has 0 bridgehead atoms. The fourth-order valence-corrected chi connectivity index (χ4v) is 1.44. The van der Waals surface area contributed by atoms with Gasteiger partial charge in [0.1, 0.15) is 11.6 Å². The van der Waals surface area contributed by atoms with Crippen LogP contribution in [-0.4, -0.2) is 49.2 Å². The number of rotatable bonds is 1. The SMILES string of the molecule is CN1CCNC[C@@H]1C(=O)OC(C)(C)C. The van der Waals surface area contributed by atoms with E-state index in [4.69, 9.17) is 4.74 Å². The lowest BCUT2D eigenvalue weighted by atomic mass is 10.1. The van der Waals surface area contributed by atoms with Crippen LogP contribution in [0.25, 0.3) is 0 Å². The van der Waals surface area contributed by atoms with E-state index in [2.05, 4.69) is 5.32 Å². The van der Waals surface area contributed by atoms with E-state index in [1.807, 2.05) is 32.7 Å². The average Bonchev–Trinajstić information content (AvgIpc) is 2.01. The lowest BCUT2D eigenvalue weighted by Crippen LogP contribution is -2.54. The second kappa shape index (κ2) is 4.28. The maximum atomic E-state index is 11.7. The van der Waals surface area contributed by atoms with E-state index in [1.165, 1.54) is 0 Å². The van der Waals surface area contributed by atoms with Gasteiger partial charge in [0.25, 0.3) is 0 Å². The van der Waals surface area contributed by atoms with Gasteiger partial charge in [0.05, 0.1) is 0 Å². The predicted molar refractivity (Wildman–Crippen MR) is 55.1 cm³/mol. The first-order chi connectivity index (χ1) is 6.40. The Morgan fingerprint density at radius 3 is 2.64 bits per heavy atom. The van der Waals surface area contributed by atoms with Gasteiger partial charge in [-0.2, -0.15) is 0 Å². The second-order valence-corrected chi connectivity index (χ2v) is 4.73. The number of ether oxygens (including phenoxy) is 1. The van der Waals surface area contributed by atoms with Gasteiger partial charge in [-0.05, 0) is 27.8 Å². The normalized spacial score (nSPS) is 24.7. The van der Waals surface area contributed by atoms with Crippen LogP contribution in [-0.2, 0) is 9.53 Å². The molecule has 1 saturated heterocycles. The summed E-state index contributed by atoms with van der Waals surface area (Å²) >= 11 is 0. The summed E-state index contributed by atoms with van der Waals surface area (Å²) in [6.45, 7) is 8.19. The van der Waals surface area contributed by atoms with Crippen LogP contribution in [0, 0.1) is 0 Å². The van der Waals surface area contributed by atoms with Crippen LogP contribution in [0.5, 0.6) is 0 Å². The molecule has 0 spiro atoms. The molecule has 82 valence electrons. The molecule has 0 radical (unpaired) electrons. The maximum Gasteiger partial charge on any atom is 0.325 e. The van der Waals surface area contributed by atoms with E-state index in [1.54, 1.807) is 0 Å². The van der Waals surface area contributed by atoms with Crippen LogP contribution in [0.1, 0.15) is 20.8 Å². The molecule has 0 aliphatic carbocycles. The van der Waals surface area contributed by atoms with E-state index >= 15 is 0 Å². The molecule has 0 saturated carbocycles. The lowest BCUT2D eigenvalue weighted by molar-refractivity contribution is -0.161. The number of carbonyl (C=O) groups excluding carboxylic acids is 1. The molecule has 1 fully saturated rings. The summed E-state index contributed by atoms with van der Waals surface area (Å²) in [6, 6.07) is -0.136. The first kappa shape index (κ1) is 11.5. The first-order valence-electron chi connectivity index (χ1n) is 5.04. The van der Waals surface area contributed by atoms with E-state index in [-0.39, 0.29) is 12.0 Å². The van der Waals surface area contributed by atoms with Crippen molar-refractivity contribution in [2.24, 2.45) is 0 Å². The molecule has 1 rings (SSSR count). The third-order valence-electron chi connectivity index (χ3n) is 2.19. The molecular formula is C10H20N2O2. The van der Waals surface area contributed by atoms with E-state index in [0.29, 0.717) is 6.54 Å². The fourth-order valence-electron chi connectivity index (χ4n) is 1.44. The zero-order valence-electron chi connectivity index (χ0n) is 9.46. The van der Waals surface area contributed by atoms with Crippen LogP contribution >= 0.6 is 0 Å². The van der Waals surface area contributed by atoms with Gasteiger partial charge in [-0.3, -0.25) is 9.69 Å². The van der Waals surface area contributed by atoms with Crippen molar-refractivity contribution in [1.29, 1.82) is 0 Å². The molecule has 1 N–H and O–H groups in total. The standard InChI is InChI=1S/C10H20N2O2/c1-10(2,3)14-9(13)8-7-11-5-6-12(8)4/h8,11H,5-7H2,1-4H3/t8-/m1/s1. The van der Waals surface area contributed by atoms with E-state index < -0.39 is 5.60 Å². The summed E-state index contributed by atoms with van der Waals surface area (Å²) in [5, 5.41) is 3.19. The topological polar surface area (TPSA) is 41.6 Å². The molecule has 0 amide bonds. The Bertz CT molecular complexity index is 211. The van der Waals surface area contributed by atoms with Gasteiger partial charge in [0, 0.05) is 19.6 Å². The quantitative estimate of drug-likeness (QED) is 0.615. The lowest BCUT2D eigenvalue weighted by Gasteiger charge is -2.33. The minimum absolute atomic E-state index is 0.132. The van der Waals surface area contributed by atoms with Crippen molar-refractivity contribution < 1.29 is 9.53 Å². The second-order valence-electron chi connectivity index (χ2n) is 4.73. The number of hydrogen-bond donors (Lipinski definition) is 1. The molecule has 4 nitrogen and oxygen atoms in total. The molecule has 1 atom stereocenters. The van der Waals surface area contributed by atoms with Gasteiger partial charge in [0.15, 0.2) is 0 Å². The van der Waals surface area contributed by atoms with Crippen LogP contribution in [0.4, 0.5) is 0 Å². The maximum absolute atomic E-state index is 11.7. The van der Waals surface area contributed by atoms with E-state index in [9.17, 15) is 4.79 Å². The Hall–Kier alpha value is -0.610. The Kier molecular flexibility index (Phi) is 3.50. The number of nitrogens with one attached hydrogen (secondary N) is 1. The van der Waals surface area contributed by atoms with Crippen LogP contribution in [0.3, 0.4) is 0 Å². The number of piperazine rings is 1. The van der Waals surface area contributed by atoms with Crippen molar-refractivity contribution in [1.82, 2.24) is 10.2 Å². The predicted octanol–water partition coefficient (Wildman–Crippen LogP) is 0.232. The molecule has 1 heterocycles. The van der Waals surface area contributed by atoms with Gasteiger partial charge >= 0.3 is 5.97 Å². The molecular weight excluding hydrogens is 180 g/mol. The van der Waals surface area contributed by atoms with Crippen molar-refractivity contribution in [3.63, 3.8) is 0 Å². The molecule has 0 aromatic rings. The van der Waals surface area contributed by atoms with Gasteiger partial charge < -0.3 is 10.1 Å². The molecule has 0 unspecified atom stereocenters. The summed E-state index contributed by atoms with van der Waals surface area (Å²) in [7, 11) is 1.95. The monoisotopic (exact) mass is 200 g/mol. The average molecular weight is 200 g/mol. The van der Waals surface area contributed by atoms with Crippen molar-refractivity contribution in [2.75, 3.05) is 26.7 Å². The molecule has 0 aromatic heterocycles. The van der Waals surface area contributed by atoms with Gasteiger partial charge in [-0.15, -0.1) is 0 Å².